The van der Waals surface area contributed by atoms with Crippen molar-refractivity contribution >= 4 is 5.91 Å². The molecule has 1 aromatic rings. The van der Waals surface area contributed by atoms with Crippen LogP contribution in [0.5, 0.6) is 5.75 Å². The van der Waals surface area contributed by atoms with Gasteiger partial charge in [0.2, 0.25) is 5.91 Å². The average Bonchev–Trinajstić information content (AvgIpc) is 2.44. The van der Waals surface area contributed by atoms with E-state index in [0.29, 0.717) is 30.4 Å². The third-order valence-electron chi connectivity index (χ3n) is 4.18. The molecule has 0 aromatic heterocycles. The number of carbonyl (C=O) groups excluding carboxylic acids is 1. The highest BCUT2D eigenvalue weighted by Crippen LogP contribution is 2.37. The van der Waals surface area contributed by atoms with Gasteiger partial charge in [-0.25, -0.2) is 0 Å². The van der Waals surface area contributed by atoms with Crippen LogP contribution < -0.4 is 5.73 Å². The lowest BCUT2D eigenvalue weighted by atomic mass is 9.87. The van der Waals surface area contributed by atoms with Crippen LogP contribution in [0.4, 0.5) is 0 Å². The van der Waals surface area contributed by atoms with Gasteiger partial charge >= 0.3 is 0 Å². The number of hydrogen-bond donors (Lipinski definition) is 2. The van der Waals surface area contributed by atoms with E-state index in [1.54, 1.807) is 0 Å². The first-order valence-corrected chi connectivity index (χ1v) is 7.54. The molecule has 0 fully saturated rings. The molecule has 0 aliphatic heterocycles. The maximum Gasteiger partial charge on any atom is 0.217 e. The molecule has 112 valence electrons. The van der Waals surface area contributed by atoms with Gasteiger partial charge in [-0.1, -0.05) is 39.8 Å². The summed E-state index contributed by atoms with van der Waals surface area (Å²) in [5.41, 5.74) is 8.30. The molecule has 1 aromatic carbocycles. The second-order valence-electron chi connectivity index (χ2n) is 5.71. The smallest absolute Gasteiger partial charge is 0.217 e. The fourth-order valence-electron chi connectivity index (χ4n) is 2.35. The van der Waals surface area contributed by atoms with Gasteiger partial charge in [-0.2, -0.15) is 0 Å². The average molecular weight is 277 g/mol. The van der Waals surface area contributed by atoms with E-state index in [-0.39, 0.29) is 5.91 Å². The van der Waals surface area contributed by atoms with Crippen LogP contribution in [0, 0.1) is 0 Å². The quantitative estimate of drug-likeness (QED) is 0.795. The second-order valence-corrected chi connectivity index (χ2v) is 5.71. The van der Waals surface area contributed by atoms with E-state index in [4.69, 9.17) is 5.73 Å². The zero-order valence-corrected chi connectivity index (χ0v) is 13.1. The highest BCUT2D eigenvalue weighted by Gasteiger charge is 2.17. The second kappa shape index (κ2) is 7.32. The Morgan fingerprint density at radius 3 is 1.95 bits per heavy atom. The first-order valence-electron chi connectivity index (χ1n) is 7.54. The minimum absolute atomic E-state index is 0.284. The van der Waals surface area contributed by atoms with Crippen molar-refractivity contribution in [2.75, 3.05) is 0 Å². The Kier molecular flexibility index (Phi) is 6.05. The summed E-state index contributed by atoms with van der Waals surface area (Å²) >= 11 is 0. The number of phenols is 1. The molecule has 0 bridgehead atoms. The van der Waals surface area contributed by atoms with E-state index >= 15 is 0 Å². The van der Waals surface area contributed by atoms with Gasteiger partial charge in [0.15, 0.2) is 0 Å². The Bertz CT molecular complexity index is 437. The van der Waals surface area contributed by atoms with E-state index in [0.717, 1.165) is 29.5 Å². The van der Waals surface area contributed by atoms with Gasteiger partial charge < -0.3 is 10.8 Å². The molecule has 0 aliphatic rings. The number of aryl methyl sites for hydroxylation is 1. The van der Waals surface area contributed by atoms with E-state index < -0.39 is 0 Å². The highest BCUT2D eigenvalue weighted by molar-refractivity contribution is 5.74. The minimum atomic E-state index is -0.284. The van der Waals surface area contributed by atoms with Crippen molar-refractivity contribution in [2.24, 2.45) is 5.73 Å². The topological polar surface area (TPSA) is 63.3 Å². The van der Waals surface area contributed by atoms with Gasteiger partial charge in [-0.15, -0.1) is 0 Å². The van der Waals surface area contributed by atoms with Gasteiger partial charge in [0.1, 0.15) is 5.75 Å². The summed E-state index contributed by atoms with van der Waals surface area (Å²) in [7, 11) is 0. The Hall–Kier alpha value is -1.51. The Morgan fingerprint density at radius 1 is 1.15 bits per heavy atom. The number of aromatic hydroxyl groups is 1. The maximum atomic E-state index is 11.0. The molecule has 0 saturated heterocycles. The van der Waals surface area contributed by atoms with Crippen molar-refractivity contribution in [1.29, 1.82) is 0 Å². The number of phenolic OH excluding ortho intramolecular Hbond substituents is 1. The maximum absolute atomic E-state index is 11.0. The van der Waals surface area contributed by atoms with Crippen LogP contribution in [0.2, 0.25) is 0 Å². The molecule has 3 nitrogen and oxygen atoms in total. The number of hydrogen-bond acceptors (Lipinski definition) is 2. The van der Waals surface area contributed by atoms with Crippen molar-refractivity contribution in [3.05, 3.63) is 28.8 Å². The lowest BCUT2D eigenvalue weighted by molar-refractivity contribution is -0.117. The molecule has 0 spiro atoms. The molecule has 0 aliphatic carbocycles. The number of nitrogens with two attached hydrogens (primary N) is 1. The fourth-order valence-corrected chi connectivity index (χ4v) is 2.35. The van der Waals surface area contributed by atoms with Gasteiger partial charge in [0.05, 0.1) is 0 Å². The molecule has 3 N–H and O–H groups in total. The zero-order chi connectivity index (χ0) is 15.3. The lowest BCUT2D eigenvalue weighted by Crippen LogP contribution is -2.11. The molecule has 0 saturated carbocycles. The standard InChI is InChI=1S/C17H27NO2/c1-5-11(3)14-9-13(7-8-16(18)19)10-15(17(14)20)12(4)6-2/h9-12,20H,5-8H2,1-4H3,(H2,18,19). The largest absolute Gasteiger partial charge is 0.507 e. The van der Waals surface area contributed by atoms with Crippen LogP contribution in [0.1, 0.15) is 75.5 Å². The molecular formula is C17H27NO2. The van der Waals surface area contributed by atoms with Crippen LogP contribution >= 0.6 is 0 Å². The summed E-state index contributed by atoms with van der Waals surface area (Å²) in [6.07, 6.45) is 2.95. The number of rotatable bonds is 7. The first-order chi connectivity index (χ1) is 9.40. The fraction of sp³-hybridized carbons (Fsp3) is 0.588. The summed E-state index contributed by atoms with van der Waals surface area (Å²) in [5.74, 6) is 0.766. The van der Waals surface area contributed by atoms with Gasteiger partial charge in [0.25, 0.3) is 0 Å². The molecule has 0 heterocycles. The first kappa shape index (κ1) is 16.5. The van der Waals surface area contributed by atoms with Crippen LogP contribution in [-0.4, -0.2) is 11.0 Å². The summed E-state index contributed by atoms with van der Waals surface area (Å²) in [6.45, 7) is 8.47. The van der Waals surface area contributed by atoms with Crippen LogP contribution in [0.3, 0.4) is 0 Å². The van der Waals surface area contributed by atoms with Crippen LogP contribution in [0.15, 0.2) is 12.1 Å². The van der Waals surface area contributed by atoms with Gasteiger partial charge in [-0.3, -0.25) is 4.79 Å². The van der Waals surface area contributed by atoms with Crippen molar-refractivity contribution in [3.8, 4) is 5.75 Å². The highest BCUT2D eigenvalue weighted by atomic mass is 16.3. The summed E-state index contributed by atoms with van der Waals surface area (Å²) in [4.78, 5) is 11.0. The zero-order valence-electron chi connectivity index (χ0n) is 13.1. The molecule has 1 rings (SSSR count). The van der Waals surface area contributed by atoms with Crippen molar-refractivity contribution in [1.82, 2.24) is 0 Å². The molecule has 0 radical (unpaired) electrons. The van der Waals surface area contributed by atoms with E-state index in [2.05, 4.69) is 27.7 Å². The molecule has 2 atom stereocenters. The number of primary amides is 1. The predicted octanol–water partition coefficient (Wildman–Crippen LogP) is 3.84. The Balaban J connectivity index is 3.22. The van der Waals surface area contributed by atoms with Gasteiger partial charge in [0, 0.05) is 6.42 Å². The van der Waals surface area contributed by atoms with Crippen molar-refractivity contribution in [2.45, 2.75) is 65.2 Å². The molecule has 1 amide bonds. The summed E-state index contributed by atoms with van der Waals surface area (Å²) < 4.78 is 0. The SMILES string of the molecule is CCC(C)c1cc(CCC(N)=O)cc(C(C)CC)c1O. The minimum Gasteiger partial charge on any atom is -0.507 e. The monoisotopic (exact) mass is 277 g/mol. The number of carbonyl (C=O) groups is 1. The lowest BCUT2D eigenvalue weighted by Gasteiger charge is -2.20. The summed E-state index contributed by atoms with van der Waals surface area (Å²) in [5, 5.41) is 10.5. The number of amides is 1. The third kappa shape index (κ3) is 3.99. The van der Waals surface area contributed by atoms with Crippen molar-refractivity contribution < 1.29 is 9.90 Å². The molecule has 3 heteroatoms. The Labute approximate surface area is 122 Å². The van der Waals surface area contributed by atoms with Crippen LogP contribution in [-0.2, 0) is 11.2 Å². The normalized spacial score (nSPS) is 14.0. The number of benzene rings is 1. The van der Waals surface area contributed by atoms with Crippen LogP contribution in [0.25, 0.3) is 0 Å². The molecular weight excluding hydrogens is 250 g/mol. The predicted molar refractivity (Wildman–Crippen MR) is 83.0 cm³/mol. The van der Waals surface area contributed by atoms with E-state index in [1.807, 2.05) is 12.1 Å². The van der Waals surface area contributed by atoms with E-state index in [1.165, 1.54) is 0 Å². The van der Waals surface area contributed by atoms with Gasteiger partial charge in [-0.05, 0) is 47.8 Å². The summed E-state index contributed by atoms with van der Waals surface area (Å²) in [6, 6.07) is 4.05. The van der Waals surface area contributed by atoms with Crippen molar-refractivity contribution in [3.63, 3.8) is 0 Å². The third-order valence-corrected chi connectivity index (χ3v) is 4.18. The Morgan fingerprint density at radius 2 is 1.60 bits per heavy atom. The molecule has 2 unspecified atom stereocenters. The molecule has 20 heavy (non-hydrogen) atoms. The van der Waals surface area contributed by atoms with E-state index in [9.17, 15) is 9.90 Å².